The summed E-state index contributed by atoms with van der Waals surface area (Å²) < 4.78 is 8.17. The van der Waals surface area contributed by atoms with E-state index in [1.807, 2.05) is 31.2 Å². The predicted octanol–water partition coefficient (Wildman–Crippen LogP) is 3.74. The number of ether oxygens (including phenoxy) is 1. The SMILES string of the molecule is CCOc1ncccc1C(=O)Nc1ccnn1Cc1ccc(Br)cc1. The second kappa shape index (κ2) is 7.94. The van der Waals surface area contributed by atoms with Crippen molar-refractivity contribution in [2.24, 2.45) is 0 Å². The molecule has 0 aliphatic heterocycles. The van der Waals surface area contributed by atoms with Crippen LogP contribution >= 0.6 is 15.9 Å². The van der Waals surface area contributed by atoms with Gasteiger partial charge in [-0.3, -0.25) is 4.79 Å². The molecular weight excluding hydrogens is 384 g/mol. The van der Waals surface area contributed by atoms with Gasteiger partial charge in [0.2, 0.25) is 5.88 Å². The van der Waals surface area contributed by atoms with Gasteiger partial charge in [0.1, 0.15) is 11.4 Å². The van der Waals surface area contributed by atoms with Gasteiger partial charge in [0.15, 0.2) is 0 Å². The van der Waals surface area contributed by atoms with Crippen molar-refractivity contribution in [3.05, 3.63) is 70.5 Å². The minimum absolute atomic E-state index is 0.283. The van der Waals surface area contributed by atoms with Gasteiger partial charge in [-0.05, 0) is 36.8 Å². The molecule has 25 heavy (non-hydrogen) atoms. The fraction of sp³-hybridized carbons (Fsp3) is 0.167. The summed E-state index contributed by atoms with van der Waals surface area (Å²) in [6.45, 7) is 2.85. The highest BCUT2D eigenvalue weighted by Crippen LogP contribution is 2.18. The van der Waals surface area contributed by atoms with Crippen molar-refractivity contribution in [1.82, 2.24) is 14.8 Å². The largest absolute Gasteiger partial charge is 0.477 e. The summed E-state index contributed by atoms with van der Waals surface area (Å²) >= 11 is 3.42. The molecular formula is C18H17BrN4O2. The summed E-state index contributed by atoms with van der Waals surface area (Å²) in [5, 5.41) is 7.15. The van der Waals surface area contributed by atoms with Crippen molar-refractivity contribution in [2.75, 3.05) is 11.9 Å². The topological polar surface area (TPSA) is 69.0 Å². The molecule has 0 saturated carbocycles. The Labute approximate surface area is 154 Å². The summed E-state index contributed by atoms with van der Waals surface area (Å²) in [7, 11) is 0. The summed E-state index contributed by atoms with van der Waals surface area (Å²) in [4.78, 5) is 16.7. The van der Waals surface area contributed by atoms with Crippen LogP contribution in [-0.4, -0.2) is 27.3 Å². The van der Waals surface area contributed by atoms with Crippen molar-refractivity contribution in [2.45, 2.75) is 13.5 Å². The lowest BCUT2D eigenvalue weighted by Crippen LogP contribution is -2.17. The maximum absolute atomic E-state index is 12.6. The first-order chi connectivity index (χ1) is 12.2. The number of pyridine rings is 1. The molecule has 3 rings (SSSR count). The zero-order valence-electron chi connectivity index (χ0n) is 13.6. The average Bonchev–Trinajstić information content (AvgIpc) is 3.04. The summed E-state index contributed by atoms with van der Waals surface area (Å²) in [6.07, 6.45) is 3.25. The van der Waals surface area contributed by atoms with Crippen LogP contribution in [-0.2, 0) is 6.54 Å². The molecule has 0 aliphatic carbocycles. The lowest BCUT2D eigenvalue weighted by molar-refractivity contribution is 0.102. The molecule has 0 unspecified atom stereocenters. The monoisotopic (exact) mass is 400 g/mol. The molecule has 0 aliphatic rings. The second-order valence-corrected chi connectivity index (χ2v) is 6.16. The minimum Gasteiger partial charge on any atom is -0.477 e. The Morgan fingerprint density at radius 1 is 1.20 bits per heavy atom. The summed E-state index contributed by atoms with van der Waals surface area (Å²) in [5.41, 5.74) is 1.47. The predicted molar refractivity (Wildman–Crippen MR) is 98.8 cm³/mol. The molecule has 0 fully saturated rings. The Kier molecular flexibility index (Phi) is 5.45. The molecule has 0 saturated heterocycles. The number of halogens is 1. The third-order valence-corrected chi connectivity index (χ3v) is 4.03. The Morgan fingerprint density at radius 2 is 2.00 bits per heavy atom. The molecule has 1 amide bonds. The molecule has 3 aromatic rings. The molecule has 0 radical (unpaired) electrons. The lowest BCUT2D eigenvalue weighted by atomic mass is 10.2. The molecule has 7 heteroatoms. The van der Waals surface area contributed by atoms with E-state index in [4.69, 9.17) is 4.74 Å². The molecule has 1 N–H and O–H groups in total. The van der Waals surface area contributed by atoms with Gasteiger partial charge in [0, 0.05) is 16.7 Å². The van der Waals surface area contributed by atoms with E-state index in [9.17, 15) is 4.79 Å². The van der Waals surface area contributed by atoms with E-state index in [0.29, 0.717) is 30.4 Å². The number of nitrogens with zero attached hydrogens (tertiary/aromatic N) is 3. The van der Waals surface area contributed by atoms with Crippen molar-refractivity contribution in [3.8, 4) is 5.88 Å². The number of hydrogen-bond acceptors (Lipinski definition) is 4. The second-order valence-electron chi connectivity index (χ2n) is 5.24. The molecule has 0 bridgehead atoms. The van der Waals surface area contributed by atoms with Crippen LogP contribution in [0, 0.1) is 0 Å². The highest BCUT2D eigenvalue weighted by Gasteiger charge is 2.15. The van der Waals surface area contributed by atoms with E-state index in [1.165, 1.54) is 0 Å². The van der Waals surface area contributed by atoms with Gasteiger partial charge in [-0.15, -0.1) is 0 Å². The number of aromatic nitrogens is 3. The fourth-order valence-electron chi connectivity index (χ4n) is 2.33. The summed E-state index contributed by atoms with van der Waals surface area (Å²) in [6, 6.07) is 13.1. The van der Waals surface area contributed by atoms with E-state index >= 15 is 0 Å². The zero-order valence-corrected chi connectivity index (χ0v) is 15.2. The van der Waals surface area contributed by atoms with Crippen LogP contribution in [0.5, 0.6) is 5.88 Å². The van der Waals surface area contributed by atoms with Crippen LogP contribution in [0.4, 0.5) is 5.82 Å². The van der Waals surface area contributed by atoms with Crippen LogP contribution in [0.15, 0.2) is 59.3 Å². The number of anilines is 1. The highest BCUT2D eigenvalue weighted by atomic mass is 79.9. The van der Waals surface area contributed by atoms with Gasteiger partial charge in [-0.2, -0.15) is 5.10 Å². The lowest BCUT2D eigenvalue weighted by Gasteiger charge is -2.11. The van der Waals surface area contributed by atoms with Gasteiger partial charge in [0.25, 0.3) is 5.91 Å². The third-order valence-electron chi connectivity index (χ3n) is 3.50. The maximum Gasteiger partial charge on any atom is 0.262 e. The fourth-order valence-corrected chi connectivity index (χ4v) is 2.59. The molecule has 1 aromatic carbocycles. The van der Waals surface area contributed by atoms with Crippen LogP contribution in [0.2, 0.25) is 0 Å². The van der Waals surface area contributed by atoms with Crippen LogP contribution in [0.1, 0.15) is 22.8 Å². The first-order valence-electron chi connectivity index (χ1n) is 7.83. The number of carbonyl (C=O) groups excluding carboxylic acids is 1. The molecule has 128 valence electrons. The number of nitrogens with one attached hydrogen (secondary N) is 1. The van der Waals surface area contributed by atoms with Gasteiger partial charge >= 0.3 is 0 Å². The number of amides is 1. The van der Waals surface area contributed by atoms with E-state index in [2.05, 4.69) is 31.3 Å². The molecule has 2 heterocycles. The van der Waals surface area contributed by atoms with Gasteiger partial charge in [0.05, 0.1) is 19.3 Å². The molecule has 0 atom stereocenters. The van der Waals surface area contributed by atoms with E-state index < -0.39 is 0 Å². The zero-order chi connectivity index (χ0) is 17.6. The van der Waals surface area contributed by atoms with Gasteiger partial charge in [-0.25, -0.2) is 9.67 Å². The minimum atomic E-state index is -0.283. The number of rotatable bonds is 6. The first-order valence-corrected chi connectivity index (χ1v) is 8.62. The van der Waals surface area contributed by atoms with Crippen molar-refractivity contribution in [1.29, 1.82) is 0 Å². The number of benzene rings is 1. The summed E-state index contributed by atoms with van der Waals surface area (Å²) in [5.74, 6) is 0.648. The Morgan fingerprint density at radius 3 is 2.76 bits per heavy atom. The van der Waals surface area contributed by atoms with Crippen LogP contribution < -0.4 is 10.1 Å². The third kappa shape index (κ3) is 4.24. The highest BCUT2D eigenvalue weighted by molar-refractivity contribution is 9.10. The Hall–Kier alpha value is -2.67. The number of carbonyl (C=O) groups is 1. The standard InChI is InChI=1S/C18H17BrN4O2/c1-2-25-18-15(4-3-10-20-18)17(24)22-16-9-11-21-23(16)12-13-5-7-14(19)8-6-13/h3-11H,2,12H2,1H3,(H,22,24). The van der Waals surface area contributed by atoms with E-state index in [-0.39, 0.29) is 5.91 Å². The molecule has 6 nitrogen and oxygen atoms in total. The van der Waals surface area contributed by atoms with Crippen LogP contribution in [0.3, 0.4) is 0 Å². The normalized spacial score (nSPS) is 10.5. The smallest absolute Gasteiger partial charge is 0.262 e. The van der Waals surface area contributed by atoms with Crippen molar-refractivity contribution >= 4 is 27.7 Å². The Balaban J connectivity index is 1.77. The first kappa shape index (κ1) is 17.2. The van der Waals surface area contributed by atoms with Crippen molar-refractivity contribution < 1.29 is 9.53 Å². The molecule has 2 aromatic heterocycles. The van der Waals surface area contributed by atoms with Crippen LogP contribution in [0.25, 0.3) is 0 Å². The van der Waals surface area contributed by atoms with E-state index in [0.717, 1.165) is 10.0 Å². The van der Waals surface area contributed by atoms with E-state index in [1.54, 1.807) is 35.3 Å². The van der Waals surface area contributed by atoms with Gasteiger partial charge < -0.3 is 10.1 Å². The maximum atomic E-state index is 12.6. The molecule has 0 spiro atoms. The van der Waals surface area contributed by atoms with Gasteiger partial charge in [-0.1, -0.05) is 28.1 Å². The quantitative estimate of drug-likeness (QED) is 0.683. The average molecular weight is 401 g/mol. The number of hydrogen-bond donors (Lipinski definition) is 1. The Bertz CT molecular complexity index is 862. The van der Waals surface area contributed by atoms with Crippen molar-refractivity contribution in [3.63, 3.8) is 0 Å².